The van der Waals surface area contributed by atoms with Crippen LogP contribution >= 0.6 is 0 Å². The summed E-state index contributed by atoms with van der Waals surface area (Å²) in [5, 5.41) is 11.2. The van der Waals surface area contributed by atoms with Crippen LogP contribution in [0.5, 0.6) is 0 Å². The minimum Gasteiger partial charge on any atom is -0.305 e. The molecule has 0 radical (unpaired) electrons. The Kier molecular flexibility index (Phi) is 4.13. The Labute approximate surface area is 130 Å². The molecule has 2 aromatic rings. The molecule has 0 saturated heterocycles. The minimum atomic E-state index is -0.765. The van der Waals surface area contributed by atoms with Crippen molar-refractivity contribution in [3.63, 3.8) is 0 Å². The number of hydrogen-bond acceptors (Lipinski definition) is 3. The summed E-state index contributed by atoms with van der Waals surface area (Å²) in [4.78, 5) is 16.0. The molecule has 0 bridgehead atoms. The minimum absolute atomic E-state index is 0.0530. The number of allylic oxidation sites excluding steroid dienone is 4. The molecule has 1 unspecified atom stereocenters. The first-order valence-corrected chi connectivity index (χ1v) is 6.90. The van der Waals surface area contributed by atoms with Crippen molar-refractivity contribution in [2.75, 3.05) is 10.6 Å². The van der Waals surface area contributed by atoms with E-state index in [1.807, 2.05) is 24.3 Å². The highest BCUT2D eigenvalue weighted by atomic mass is 19.1. The molecule has 0 fully saturated rings. The Bertz CT molecular complexity index is 784. The summed E-state index contributed by atoms with van der Waals surface area (Å²) >= 11 is 0. The first kappa shape index (κ1) is 14.9. The SMILES string of the molecule is O=C(Nc1n[nH]c(C2C=CC=CC2)n1)Nc1cc(F)ccc1F. The molecule has 1 aromatic carbocycles. The number of amides is 2. The zero-order valence-electron chi connectivity index (χ0n) is 11.9. The highest BCUT2D eigenvalue weighted by Crippen LogP contribution is 2.22. The van der Waals surface area contributed by atoms with Crippen molar-refractivity contribution >= 4 is 17.7 Å². The molecule has 1 aliphatic carbocycles. The van der Waals surface area contributed by atoms with Gasteiger partial charge in [-0.2, -0.15) is 4.98 Å². The van der Waals surface area contributed by atoms with Gasteiger partial charge in [0.25, 0.3) is 0 Å². The molecule has 118 valence electrons. The van der Waals surface area contributed by atoms with E-state index in [0.29, 0.717) is 5.82 Å². The lowest BCUT2D eigenvalue weighted by atomic mass is 10.0. The van der Waals surface area contributed by atoms with Crippen LogP contribution in [0.15, 0.2) is 42.5 Å². The Balaban J connectivity index is 1.64. The van der Waals surface area contributed by atoms with E-state index in [1.165, 1.54) is 0 Å². The lowest BCUT2D eigenvalue weighted by Crippen LogP contribution is -2.21. The van der Waals surface area contributed by atoms with Crippen LogP contribution < -0.4 is 10.6 Å². The van der Waals surface area contributed by atoms with Crippen molar-refractivity contribution in [1.82, 2.24) is 15.2 Å². The third kappa shape index (κ3) is 3.60. The maximum atomic E-state index is 13.5. The lowest BCUT2D eigenvalue weighted by Gasteiger charge is -2.08. The smallest absolute Gasteiger partial charge is 0.305 e. The van der Waals surface area contributed by atoms with E-state index in [4.69, 9.17) is 0 Å². The fourth-order valence-corrected chi connectivity index (χ4v) is 2.13. The fourth-order valence-electron chi connectivity index (χ4n) is 2.13. The highest BCUT2D eigenvalue weighted by molar-refractivity contribution is 5.98. The van der Waals surface area contributed by atoms with E-state index in [-0.39, 0.29) is 17.6 Å². The van der Waals surface area contributed by atoms with E-state index >= 15 is 0 Å². The zero-order chi connectivity index (χ0) is 16.2. The number of halogens is 2. The van der Waals surface area contributed by atoms with Crippen LogP contribution in [0.25, 0.3) is 0 Å². The van der Waals surface area contributed by atoms with Gasteiger partial charge in [-0.25, -0.2) is 13.6 Å². The van der Waals surface area contributed by atoms with Crippen LogP contribution in [0.4, 0.5) is 25.2 Å². The zero-order valence-corrected chi connectivity index (χ0v) is 11.9. The summed E-state index contributed by atoms with van der Waals surface area (Å²) in [7, 11) is 0. The third-order valence-corrected chi connectivity index (χ3v) is 3.24. The Morgan fingerprint density at radius 1 is 1.26 bits per heavy atom. The molecule has 6 nitrogen and oxygen atoms in total. The largest absolute Gasteiger partial charge is 0.326 e. The average Bonchev–Trinajstić information content (AvgIpc) is 3.00. The van der Waals surface area contributed by atoms with Gasteiger partial charge in [0, 0.05) is 12.0 Å². The van der Waals surface area contributed by atoms with Gasteiger partial charge in [-0.1, -0.05) is 24.3 Å². The van der Waals surface area contributed by atoms with E-state index < -0.39 is 17.7 Å². The topological polar surface area (TPSA) is 82.7 Å². The van der Waals surface area contributed by atoms with Gasteiger partial charge in [0.05, 0.1) is 5.69 Å². The van der Waals surface area contributed by atoms with Crippen LogP contribution in [-0.4, -0.2) is 21.2 Å². The van der Waals surface area contributed by atoms with Crippen LogP contribution in [0.3, 0.4) is 0 Å². The number of benzene rings is 1. The molecule has 3 N–H and O–H groups in total. The molecule has 0 saturated carbocycles. The molecule has 1 aliphatic rings. The van der Waals surface area contributed by atoms with Crippen molar-refractivity contribution in [3.8, 4) is 0 Å². The van der Waals surface area contributed by atoms with Gasteiger partial charge in [0.1, 0.15) is 17.5 Å². The van der Waals surface area contributed by atoms with Crippen molar-refractivity contribution < 1.29 is 13.6 Å². The van der Waals surface area contributed by atoms with Crippen molar-refractivity contribution in [1.29, 1.82) is 0 Å². The molecule has 1 heterocycles. The summed E-state index contributed by atoms with van der Waals surface area (Å²) in [5.74, 6) is -0.669. The lowest BCUT2D eigenvalue weighted by molar-refractivity contribution is 0.262. The number of nitrogens with one attached hydrogen (secondary N) is 3. The van der Waals surface area contributed by atoms with Crippen LogP contribution in [-0.2, 0) is 0 Å². The normalized spacial score (nSPS) is 16.3. The molecular weight excluding hydrogens is 304 g/mol. The van der Waals surface area contributed by atoms with Gasteiger partial charge in [0.15, 0.2) is 0 Å². The summed E-state index contributed by atoms with van der Waals surface area (Å²) in [5.41, 5.74) is -0.265. The van der Waals surface area contributed by atoms with Gasteiger partial charge in [-0.15, -0.1) is 5.10 Å². The monoisotopic (exact) mass is 317 g/mol. The number of rotatable bonds is 3. The number of urea groups is 1. The molecule has 3 rings (SSSR count). The van der Waals surface area contributed by atoms with Crippen molar-refractivity contribution in [3.05, 3.63) is 60.0 Å². The predicted octanol–water partition coefficient (Wildman–Crippen LogP) is 3.33. The highest BCUT2D eigenvalue weighted by Gasteiger charge is 2.15. The third-order valence-electron chi connectivity index (χ3n) is 3.24. The Morgan fingerprint density at radius 2 is 2.13 bits per heavy atom. The first-order valence-electron chi connectivity index (χ1n) is 6.90. The second-order valence-electron chi connectivity index (χ2n) is 4.90. The summed E-state index contributed by atoms with van der Waals surface area (Å²) < 4.78 is 26.5. The van der Waals surface area contributed by atoms with Gasteiger partial charge in [0.2, 0.25) is 5.95 Å². The number of anilines is 2. The van der Waals surface area contributed by atoms with E-state index in [9.17, 15) is 13.6 Å². The average molecular weight is 317 g/mol. The first-order chi connectivity index (χ1) is 11.1. The van der Waals surface area contributed by atoms with Crippen molar-refractivity contribution in [2.24, 2.45) is 0 Å². The van der Waals surface area contributed by atoms with Gasteiger partial charge in [-0.3, -0.25) is 10.4 Å². The molecule has 0 spiro atoms. The number of carbonyl (C=O) groups is 1. The van der Waals surface area contributed by atoms with E-state index in [2.05, 4.69) is 25.8 Å². The number of carbonyl (C=O) groups excluding carboxylic acids is 1. The number of aromatic nitrogens is 3. The van der Waals surface area contributed by atoms with Crippen LogP contribution in [0.2, 0.25) is 0 Å². The van der Waals surface area contributed by atoms with Gasteiger partial charge >= 0.3 is 6.03 Å². The van der Waals surface area contributed by atoms with Gasteiger partial charge in [-0.05, 0) is 18.6 Å². The van der Waals surface area contributed by atoms with Crippen LogP contribution in [0, 0.1) is 11.6 Å². The van der Waals surface area contributed by atoms with Crippen LogP contribution in [0.1, 0.15) is 18.2 Å². The van der Waals surface area contributed by atoms with Gasteiger partial charge < -0.3 is 5.32 Å². The maximum Gasteiger partial charge on any atom is 0.326 e. The summed E-state index contributed by atoms with van der Waals surface area (Å²) in [6.45, 7) is 0. The molecular formula is C15H13F2N5O. The van der Waals surface area contributed by atoms with E-state index in [0.717, 1.165) is 24.6 Å². The Hall–Kier alpha value is -3.03. The predicted molar refractivity (Wildman–Crippen MR) is 81.0 cm³/mol. The number of aromatic amines is 1. The summed E-state index contributed by atoms with van der Waals surface area (Å²) in [6.07, 6.45) is 8.59. The fraction of sp³-hybridized carbons (Fsp3) is 0.133. The summed E-state index contributed by atoms with van der Waals surface area (Å²) in [6, 6.07) is 2.02. The standard InChI is InChI=1S/C15H13F2N5O/c16-10-6-7-11(17)12(8-10)18-15(23)20-14-19-13(21-22-14)9-4-2-1-3-5-9/h1-4,6-9H,5H2,(H3,18,19,20,21,22,23). The molecule has 8 heteroatoms. The molecule has 0 aliphatic heterocycles. The molecule has 2 amide bonds. The van der Waals surface area contributed by atoms with Crippen molar-refractivity contribution in [2.45, 2.75) is 12.3 Å². The number of nitrogens with zero attached hydrogens (tertiary/aromatic N) is 2. The second-order valence-corrected chi connectivity index (χ2v) is 4.90. The number of hydrogen-bond donors (Lipinski definition) is 3. The molecule has 23 heavy (non-hydrogen) atoms. The molecule has 1 aromatic heterocycles. The quantitative estimate of drug-likeness (QED) is 0.812. The number of H-pyrrole nitrogens is 1. The second kappa shape index (κ2) is 6.39. The Morgan fingerprint density at radius 3 is 2.91 bits per heavy atom. The molecule has 1 atom stereocenters. The van der Waals surface area contributed by atoms with E-state index in [1.54, 1.807) is 0 Å². The maximum absolute atomic E-state index is 13.5.